The Morgan fingerprint density at radius 3 is 1.96 bits per heavy atom. The summed E-state index contributed by atoms with van der Waals surface area (Å²) in [6.45, 7) is 9.39. The Kier molecular flexibility index (Phi) is 11.5. The molecule has 1 atom stereocenters. The van der Waals surface area contributed by atoms with Gasteiger partial charge in [0.15, 0.2) is 0 Å². The molecule has 2 amide bonds. The third-order valence-electron chi connectivity index (χ3n) is 7.47. The molecule has 0 saturated carbocycles. The molecule has 7 nitrogen and oxygen atoms in total. The fourth-order valence-electron chi connectivity index (χ4n) is 5.11. The van der Waals surface area contributed by atoms with Crippen molar-refractivity contribution in [2.45, 2.75) is 70.0 Å². The second kappa shape index (κ2) is 15.1. The van der Waals surface area contributed by atoms with Crippen LogP contribution in [0.1, 0.15) is 57.2 Å². The first-order chi connectivity index (χ1) is 21.7. The third-order valence-corrected chi connectivity index (χ3v) is 9.75. The highest BCUT2D eigenvalue weighted by molar-refractivity contribution is 9.10. The molecule has 4 aromatic carbocycles. The molecule has 1 unspecified atom stereocenters. The molecule has 46 heavy (non-hydrogen) atoms. The summed E-state index contributed by atoms with van der Waals surface area (Å²) < 4.78 is 30.3. The van der Waals surface area contributed by atoms with Crippen molar-refractivity contribution in [1.29, 1.82) is 0 Å². The van der Waals surface area contributed by atoms with E-state index in [0.29, 0.717) is 5.69 Å². The quantitative estimate of drug-likeness (QED) is 0.168. The van der Waals surface area contributed by atoms with Crippen LogP contribution >= 0.6 is 15.9 Å². The van der Waals surface area contributed by atoms with Gasteiger partial charge in [-0.1, -0.05) is 103 Å². The Morgan fingerprint density at radius 1 is 0.804 bits per heavy atom. The van der Waals surface area contributed by atoms with Gasteiger partial charge in [0.2, 0.25) is 11.8 Å². The number of carbonyl (C=O) groups excluding carboxylic acids is 2. The smallest absolute Gasteiger partial charge is 0.264 e. The standard InChI is InChI=1S/C37H42BrN3O4S/c1-27(2)30-19-21-32(22-20-30)41(46(44,45)33-17-10-7-11-18-33)26-35(42)40(25-29-15-12-16-31(38)23-29)34(36(43)39-37(3,4)5)24-28-13-8-6-9-14-28/h6-23,27,34H,24-26H2,1-5H3,(H,39,43). The van der Waals surface area contributed by atoms with Crippen molar-refractivity contribution in [3.8, 4) is 0 Å². The molecule has 9 heteroatoms. The topological polar surface area (TPSA) is 86.8 Å². The Hall–Kier alpha value is -3.95. The van der Waals surface area contributed by atoms with Crippen molar-refractivity contribution in [2.24, 2.45) is 0 Å². The molecule has 0 radical (unpaired) electrons. The first-order valence-electron chi connectivity index (χ1n) is 15.3. The molecule has 4 rings (SSSR count). The number of rotatable bonds is 12. The summed E-state index contributed by atoms with van der Waals surface area (Å²) >= 11 is 3.52. The van der Waals surface area contributed by atoms with E-state index in [1.165, 1.54) is 17.0 Å². The van der Waals surface area contributed by atoms with E-state index in [4.69, 9.17) is 0 Å². The van der Waals surface area contributed by atoms with E-state index in [0.717, 1.165) is 25.5 Å². The lowest BCUT2D eigenvalue weighted by Gasteiger charge is -2.35. The number of amides is 2. The predicted octanol–water partition coefficient (Wildman–Crippen LogP) is 7.32. The van der Waals surface area contributed by atoms with E-state index in [2.05, 4.69) is 35.1 Å². The minimum absolute atomic E-state index is 0.0700. The van der Waals surface area contributed by atoms with Gasteiger partial charge in [-0.05, 0) is 79.8 Å². The number of halogens is 1. The van der Waals surface area contributed by atoms with E-state index in [-0.39, 0.29) is 29.7 Å². The molecule has 0 aliphatic heterocycles. The molecule has 0 aromatic heterocycles. The van der Waals surface area contributed by atoms with Gasteiger partial charge in [0.05, 0.1) is 10.6 Å². The minimum atomic E-state index is -4.15. The Labute approximate surface area is 281 Å². The van der Waals surface area contributed by atoms with Crippen LogP contribution in [0.15, 0.2) is 119 Å². The van der Waals surface area contributed by atoms with Gasteiger partial charge in [-0.3, -0.25) is 13.9 Å². The molecular formula is C37H42BrN3O4S. The van der Waals surface area contributed by atoms with Gasteiger partial charge in [-0.2, -0.15) is 0 Å². The zero-order valence-electron chi connectivity index (χ0n) is 27.0. The fraction of sp³-hybridized carbons (Fsp3) is 0.297. The number of nitrogens with zero attached hydrogens (tertiary/aromatic N) is 2. The number of sulfonamides is 1. The van der Waals surface area contributed by atoms with E-state index >= 15 is 0 Å². The average Bonchev–Trinajstić information content (AvgIpc) is 3.01. The Morgan fingerprint density at radius 2 is 1.39 bits per heavy atom. The molecule has 0 spiro atoms. The van der Waals surface area contributed by atoms with Crippen LogP contribution in [0.2, 0.25) is 0 Å². The summed E-state index contributed by atoms with van der Waals surface area (Å²) in [6.07, 6.45) is 0.247. The predicted molar refractivity (Wildman–Crippen MR) is 188 cm³/mol. The van der Waals surface area contributed by atoms with E-state index in [9.17, 15) is 18.0 Å². The highest BCUT2D eigenvalue weighted by atomic mass is 79.9. The van der Waals surface area contributed by atoms with Gasteiger partial charge in [0, 0.05) is 23.0 Å². The summed E-state index contributed by atoms with van der Waals surface area (Å²) in [6, 6.07) is 31.4. The molecule has 0 aliphatic rings. The van der Waals surface area contributed by atoms with Crippen molar-refractivity contribution >= 4 is 43.5 Å². The lowest BCUT2D eigenvalue weighted by Crippen LogP contribution is -2.56. The van der Waals surface area contributed by atoms with Crippen LogP contribution in [0, 0.1) is 0 Å². The first kappa shape index (κ1) is 34.9. The molecule has 0 aliphatic carbocycles. The molecule has 4 aromatic rings. The SMILES string of the molecule is CC(C)c1ccc(N(CC(=O)N(Cc2cccc(Br)c2)C(Cc2ccccc2)C(=O)NC(C)(C)C)S(=O)(=O)c2ccccc2)cc1. The van der Waals surface area contributed by atoms with Crippen molar-refractivity contribution in [3.05, 3.63) is 130 Å². The number of benzene rings is 4. The van der Waals surface area contributed by atoms with E-state index < -0.39 is 34.1 Å². The fourth-order valence-corrected chi connectivity index (χ4v) is 6.99. The summed E-state index contributed by atoms with van der Waals surface area (Å²) in [5.41, 5.74) is 2.52. The lowest BCUT2D eigenvalue weighted by atomic mass is 10.0. The van der Waals surface area contributed by atoms with Crippen LogP contribution in [0.25, 0.3) is 0 Å². The molecule has 0 heterocycles. The number of carbonyl (C=O) groups is 2. The highest BCUT2D eigenvalue weighted by Crippen LogP contribution is 2.27. The van der Waals surface area contributed by atoms with Gasteiger partial charge in [-0.25, -0.2) is 8.42 Å². The van der Waals surface area contributed by atoms with Gasteiger partial charge < -0.3 is 10.2 Å². The molecule has 0 fully saturated rings. The Bertz CT molecular complexity index is 1720. The minimum Gasteiger partial charge on any atom is -0.350 e. The zero-order valence-corrected chi connectivity index (χ0v) is 29.4. The monoisotopic (exact) mass is 703 g/mol. The van der Waals surface area contributed by atoms with Gasteiger partial charge in [0.1, 0.15) is 12.6 Å². The molecular weight excluding hydrogens is 662 g/mol. The average molecular weight is 705 g/mol. The van der Waals surface area contributed by atoms with Crippen molar-refractivity contribution in [1.82, 2.24) is 10.2 Å². The molecule has 0 bridgehead atoms. The van der Waals surface area contributed by atoms with Gasteiger partial charge >= 0.3 is 0 Å². The van der Waals surface area contributed by atoms with Crippen molar-refractivity contribution in [3.63, 3.8) is 0 Å². The largest absolute Gasteiger partial charge is 0.350 e. The van der Waals surface area contributed by atoms with Crippen LogP contribution in [0.5, 0.6) is 0 Å². The van der Waals surface area contributed by atoms with E-state index in [1.54, 1.807) is 30.3 Å². The van der Waals surface area contributed by atoms with E-state index in [1.807, 2.05) is 87.5 Å². The van der Waals surface area contributed by atoms with Crippen LogP contribution in [-0.4, -0.2) is 43.3 Å². The van der Waals surface area contributed by atoms with Crippen LogP contribution < -0.4 is 9.62 Å². The number of anilines is 1. The zero-order chi connectivity index (χ0) is 33.5. The number of hydrogen-bond donors (Lipinski definition) is 1. The normalized spacial score (nSPS) is 12.4. The maximum Gasteiger partial charge on any atom is 0.264 e. The van der Waals surface area contributed by atoms with Crippen molar-refractivity contribution < 1.29 is 18.0 Å². The lowest BCUT2D eigenvalue weighted by molar-refractivity contribution is -0.140. The summed E-state index contributed by atoms with van der Waals surface area (Å²) in [5.74, 6) is -0.577. The third kappa shape index (κ3) is 9.30. The maximum absolute atomic E-state index is 14.6. The van der Waals surface area contributed by atoms with Gasteiger partial charge in [0.25, 0.3) is 10.0 Å². The first-order valence-corrected chi connectivity index (χ1v) is 17.6. The van der Waals surface area contributed by atoms with Gasteiger partial charge in [-0.15, -0.1) is 0 Å². The van der Waals surface area contributed by atoms with Crippen LogP contribution in [0.4, 0.5) is 5.69 Å². The molecule has 1 N–H and O–H groups in total. The molecule has 242 valence electrons. The number of hydrogen-bond acceptors (Lipinski definition) is 4. The number of nitrogens with one attached hydrogen (secondary N) is 1. The van der Waals surface area contributed by atoms with Crippen molar-refractivity contribution in [2.75, 3.05) is 10.8 Å². The van der Waals surface area contributed by atoms with Crippen LogP contribution in [0.3, 0.4) is 0 Å². The maximum atomic E-state index is 14.6. The summed E-state index contributed by atoms with van der Waals surface area (Å²) in [7, 11) is -4.15. The summed E-state index contributed by atoms with van der Waals surface area (Å²) in [4.78, 5) is 30.2. The Balaban J connectivity index is 1.82. The second-order valence-corrected chi connectivity index (χ2v) is 15.4. The second-order valence-electron chi connectivity index (χ2n) is 12.7. The summed E-state index contributed by atoms with van der Waals surface area (Å²) in [5, 5.41) is 3.06. The van der Waals surface area contributed by atoms with Crippen LogP contribution in [-0.2, 0) is 32.6 Å². The molecule has 0 saturated heterocycles. The highest BCUT2D eigenvalue weighted by Gasteiger charge is 2.35.